The highest BCUT2D eigenvalue weighted by molar-refractivity contribution is 5.92. The molecule has 0 fully saturated rings. The number of hydrogen-bond acceptors (Lipinski definition) is 5. The number of methoxy groups -OCH3 is 1. The Morgan fingerprint density at radius 3 is 2.63 bits per heavy atom. The molecule has 0 aliphatic rings. The van der Waals surface area contributed by atoms with Crippen molar-refractivity contribution in [3.8, 4) is 5.75 Å². The van der Waals surface area contributed by atoms with Crippen molar-refractivity contribution in [2.45, 2.75) is 13.0 Å². The van der Waals surface area contributed by atoms with Crippen LogP contribution in [0.2, 0.25) is 0 Å². The Labute approximate surface area is 158 Å². The van der Waals surface area contributed by atoms with Crippen molar-refractivity contribution in [2.75, 3.05) is 19.0 Å². The summed E-state index contributed by atoms with van der Waals surface area (Å²) in [5.41, 5.74) is 2.58. The van der Waals surface area contributed by atoms with Crippen LogP contribution >= 0.6 is 0 Å². The van der Waals surface area contributed by atoms with Crippen LogP contribution < -0.4 is 15.4 Å². The molecule has 0 aliphatic carbocycles. The lowest BCUT2D eigenvalue weighted by Gasteiger charge is -2.08. The average Bonchev–Trinajstić information content (AvgIpc) is 2.73. The van der Waals surface area contributed by atoms with Gasteiger partial charge in [-0.1, -0.05) is 42.5 Å². The van der Waals surface area contributed by atoms with E-state index in [0.29, 0.717) is 31.0 Å². The fraction of sp³-hybridized carbons (Fsp3) is 0.190. The van der Waals surface area contributed by atoms with Gasteiger partial charge < -0.3 is 15.4 Å². The van der Waals surface area contributed by atoms with Crippen molar-refractivity contribution in [3.63, 3.8) is 0 Å². The Morgan fingerprint density at radius 1 is 1.00 bits per heavy atom. The van der Waals surface area contributed by atoms with E-state index in [0.717, 1.165) is 16.9 Å². The first-order valence-corrected chi connectivity index (χ1v) is 8.75. The largest absolute Gasteiger partial charge is 0.497 e. The second-order valence-corrected chi connectivity index (χ2v) is 5.99. The zero-order valence-electron chi connectivity index (χ0n) is 15.2. The summed E-state index contributed by atoms with van der Waals surface area (Å²) in [5.74, 6) is 1.21. The number of amides is 1. The molecule has 2 aromatic carbocycles. The molecule has 0 atom stereocenters. The lowest BCUT2D eigenvalue weighted by molar-refractivity contribution is 0.0949. The predicted octanol–water partition coefficient (Wildman–Crippen LogP) is 3.07. The van der Waals surface area contributed by atoms with Crippen LogP contribution in [0.4, 0.5) is 5.82 Å². The minimum Gasteiger partial charge on any atom is -0.497 e. The Bertz CT molecular complexity index is 884. The van der Waals surface area contributed by atoms with Gasteiger partial charge in [-0.05, 0) is 29.7 Å². The minimum absolute atomic E-state index is 0.219. The summed E-state index contributed by atoms with van der Waals surface area (Å²) in [5, 5.41) is 6.09. The highest BCUT2D eigenvalue weighted by Crippen LogP contribution is 2.12. The molecule has 0 bridgehead atoms. The molecule has 0 spiro atoms. The number of nitrogens with one attached hydrogen (secondary N) is 2. The first-order chi connectivity index (χ1) is 13.2. The highest BCUT2D eigenvalue weighted by Gasteiger charge is 2.08. The molecular formula is C21H22N4O2. The lowest BCUT2D eigenvalue weighted by Crippen LogP contribution is -2.26. The van der Waals surface area contributed by atoms with Gasteiger partial charge in [0.05, 0.1) is 7.11 Å². The van der Waals surface area contributed by atoms with E-state index >= 15 is 0 Å². The van der Waals surface area contributed by atoms with Crippen LogP contribution in [0.25, 0.3) is 0 Å². The van der Waals surface area contributed by atoms with E-state index in [-0.39, 0.29) is 5.91 Å². The van der Waals surface area contributed by atoms with Crippen molar-refractivity contribution in [1.82, 2.24) is 15.3 Å². The van der Waals surface area contributed by atoms with E-state index in [2.05, 4.69) is 20.6 Å². The van der Waals surface area contributed by atoms with Gasteiger partial charge in [0.2, 0.25) is 0 Å². The van der Waals surface area contributed by atoms with Crippen molar-refractivity contribution < 1.29 is 9.53 Å². The molecule has 1 aromatic heterocycles. The number of carbonyl (C=O) groups is 1. The van der Waals surface area contributed by atoms with Crippen molar-refractivity contribution in [1.29, 1.82) is 0 Å². The van der Waals surface area contributed by atoms with E-state index in [1.807, 2.05) is 54.6 Å². The Balaban J connectivity index is 1.52. The molecule has 3 aromatic rings. The van der Waals surface area contributed by atoms with Gasteiger partial charge in [0.25, 0.3) is 5.91 Å². The van der Waals surface area contributed by atoms with E-state index in [1.165, 1.54) is 6.33 Å². The number of benzene rings is 2. The summed E-state index contributed by atoms with van der Waals surface area (Å²) in [6, 6.07) is 19.5. The number of ether oxygens (including phenoxy) is 1. The van der Waals surface area contributed by atoms with Gasteiger partial charge in [0, 0.05) is 19.2 Å². The van der Waals surface area contributed by atoms with E-state index in [4.69, 9.17) is 4.74 Å². The number of aromatic nitrogens is 2. The van der Waals surface area contributed by atoms with Gasteiger partial charge >= 0.3 is 0 Å². The summed E-state index contributed by atoms with van der Waals surface area (Å²) >= 11 is 0. The molecule has 27 heavy (non-hydrogen) atoms. The van der Waals surface area contributed by atoms with Gasteiger partial charge in [-0.2, -0.15) is 0 Å². The molecule has 0 radical (unpaired) electrons. The number of rotatable bonds is 8. The van der Waals surface area contributed by atoms with Gasteiger partial charge in [-0.15, -0.1) is 0 Å². The maximum atomic E-state index is 12.3. The standard InChI is InChI=1S/C21H22N4O2/c1-27-18-9-5-8-16(12-18)10-11-22-21(26)19-13-20(25-15-24-19)23-14-17-6-3-2-4-7-17/h2-9,12-13,15H,10-11,14H2,1H3,(H,22,26)(H,23,24,25). The van der Waals surface area contributed by atoms with Crippen molar-refractivity contribution >= 4 is 11.7 Å². The third-order valence-electron chi connectivity index (χ3n) is 4.05. The molecular weight excluding hydrogens is 340 g/mol. The first-order valence-electron chi connectivity index (χ1n) is 8.75. The third kappa shape index (κ3) is 5.54. The molecule has 6 heteroatoms. The van der Waals surface area contributed by atoms with E-state index in [9.17, 15) is 4.79 Å². The SMILES string of the molecule is COc1cccc(CCNC(=O)c2cc(NCc3ccccc3)ncn2)c1. The molecule has 2 N–H and O–H groups in total. The van der Waals surface area contributed by atoms with Crippen LogP contribution in [0.15, 0.2) is 67.0 Å². The number of hydrogen-bond donors (Lipinski definition) is 2. The van der Waals surface area contributed by atoms with E-state index in [1.54, 1.807) is 13.2 Å². The molecule has 6 nitrogen and oxygen atoms in total. The normalized spacial score (nSPS) is 10.3. The second-order valence-electron chi connectivity index (χ2n) is 5.99. The Morgan fingerprint density at radius 2 is 1.81 bits per heavy atom. The van der Waals surface area contributed by atoms with Crippen LogP contribution in [0.3, 0.4) is 0 Å². The number of carbonyl (C=O) groups excluding carboxylic acids is 1. The second kappa shape index (κ2) is 9.33. The summed E-state index contributed by atoms with van der Waals surface area (Å²) in [4.78, 5) is 20.6. The van der Waals surface area contributed by atoms with Gasteiger partial charge in [-0.3, -0.25) is 4.79 Å². The van der Waals surface area contributed by atoms with Gasteiger partial charge in [0.15, 0.2) is 0 Å². The molecule has 0 unspecified atom stereocenters. The molecule has 0 aliphatic heterocycles. The quantitative estimate of drug-likeness (QED) is 0.644. The topological polar surface area (TPSA) is 76.1 Å². The highest BCUT2D eigenvalue weighted by atomic mass is 16.5. The Hall–Kier alpha value is -3.41. The molecule has 0 saturated carbocycles. The smallest absolute Gasteiger partial charge is 0.270 e. The number of anilines is 1. The fourth-order valence-corrected chi connectivity index (χ4v) is 2.61. The van der Waals surface area contributed by atoms with Gasteiger partial charge in [0.1, 0.15) is 23.6 Å². The monoisotopic (exact) mass is 362 g/mol. The molecule has 138 valence electrons. The summed E-state index contributed by atoms with van der Waals surface area (Å²) in [7, 11) is 1.64. The van der Waals surface area contributed by atoms with Crippen molar-refractivity contribution in [3.05, 3.63) is 83.8 Å². The Kier molecular flexibility index (Phi) is 6.35. The molecule has 1 amide bonds. The average molecular weight is 362 g/mol. The lowest BCUT2D eigenvalue weighted by atomic mass is 10.1. The van der Waals surface area contributed by atoms with Crippen molar-refractivity contribution in [2.24, 2.45) is 0 Å². The third-order valence-corrected chi connectivity index (χ3v) is 4.05. The van der Waals surface area contributed by atoms with Gasteiger partial charge in [-0.25, -0.2) is 9.97 Å². The van der Waals surface area contributed by atoms with Crippen LogP contribution in [0.1, 0.15) is 21.6 Å². The summed E-state index contributed by atoms with van der Waals surface area (Å²) in [6.45, 7) is 1.15. The van der Waals surface area contributed by atoms with Crippen LogP contribution in [0, 0.1) is 0 Å². The maximum Gasteiger partial charge on any atom is 0.270 e. The minimum atomic E-state index is -0.219. The van der Waals surface area contributed by atoms with Crippen LogP contribution in [0.5, 0.6) is 5.75 Å². The molecule has 3 rings (SSSR count). The first kappa shape index (κ1) is 18.4. The summed E-state index contributed by atoms with van der Waals surface area (Å²) in [6.07, 6.45) is 2.11. The molecule has 0 saturated heterocycles. The fourth-order valence-electron chi connectivity index (χ4n) is 2.61. The number of nitrogens with zero attached hydrogens (tertiary/aromatic N) is 2. The summed E-state index contributed by atoms with van der Waals surface area (Å²) < 4.78 is 5.21. The zero-order chi connectivity index (χ0) is 18.9. The maximum absolute atomic E-state index is 12.3. The predicted molar refractivity (Wildman–Crippen MR) is 105 cm³/mol. The molecule has 1 heterocycles. The zero-order valence-corrected chi connectivity index (χ0v) is 15.2. The van der Waals surface area contributed by atoms with Crippen LogP contribution in [-0.2, 0) is 13.0 Å². The van der Waals surface area contributed by atoms with Crippen LogP contribution in [-0.4, -0.2) is 29.5 Å². The van der Waals surface area contributed by atoms with E-state index < -0.39 is 0 Å².